The van der Waals surface area contributed by atoms with Gasteiger partial charge in [-0.2, -0.15) is 0 Å². The molecule has 0 saturated carbocycles. The molecule has 0 N–H and O–H groups in total. The van der Waals surface area contributed by atoms with Gasteiger partial charge in [-0.3, -0.25) is 0 Å². The van der Waals surface area contributed by atoms with E-state index in [0.717, 1.165) is 55.7 Å². The summed E-state index contributed by atoms with van der Waals surface area (Å²) in [6.07, 6.45) is 5.92. The van der Waals surface area contributed by atoms with E-state index >= 15 is 0 Å². The van der Waals surface area contributed by atoms with Gasteiger partial charge >= 0.3 is 0 Å². The number of anilines is 3. The average molecular weight is 590 g/mol. The Morgan fingerprint density at radius 3 is 1.93 bits per heavy atom. The third kappa shape index (κ3) is 4.96. The fraction of sp³-hybridized carbons (Fsp3) is 0. The lowest BCUT2D eigenvalue weighted by molar-refractivity contribution is 0.669. The lowest BCUT2D eigenvalue weighted by Gasteiger charge is -2.29. The molecule has 0 amide bonds. The predicted molar refractivity (Wildman–Crippen MR) is 196 cm³/mol. The second kappa shape index (κ2) is 11.8. The summed E-state index contributed by atoms with van der Waals surface area (Å²) in [4.78, 5) is 2.36. The third-order valence-electron chi connectivity index (χ3n) is 8.62. The van der Waals surface area contributed by atoms with E-state index in [0.29, 0.717) is 0 Å². The van der Waals surface area contributed by atoms with E-state index in [9.17, 15) is 0 Å². The summed E-state index contributed by atoms with van der Waals surface area (Å²) in [5.74, 6) is 0. The summed E-state index contributed by atoms with van der Waals surface area (Å²) in [5.41, 5.74) is 10.8. The third-order valence-corrected chi connectivity index (χ3v) is 8.62. The Labute approximate surface area is 268 Å². The van der Waals surface area contributed by atoms with Gasteiger partial charge in [0.15, 0.2) is 0 Å². The van der Waals surface area contributed by atoms with Crippen LogP contribution in [0.25, 0.3) is 61.0 Å². The summed E-state index contributed by atoms with van der Waals surface area (Å²) in [7, 11) is 0. The van der Waals surface area contributed by atoms with Crippen LogP contribution in [0.4, 0.5) is 17.1 Å². The van der Waals surface area contributed by atoms with Crippen LogP contribution in [0.1, 0.15) is 5.56 Å². The minimum absolute atomic E-state index is 0.889. The number of furan rings is 1. The van der Waals surface area contributed by atoms with Crippen LogP contribution in [0, 0.1) is 0 Å². The molecule has 0 fully saturated rings. The lowest BCUT2D eigenvalue weighted by atomic mass is 9.98. The SMILES string of the molecule is C=C/C=C\c1ccccc1N(c1ccc(-c2ccccc2)cc1)c1ccccc1-c1ccc2oc3cc4ccccc4cc3c2c1. The molecular formula is C44H31NO. The monoisotopic (exact) mass is 589 g/mol. The van der Waals surface area contributed by atoms with Crippen LogP contribution in [0.2, 0.25) is 0 Å². The van der Waals surface area contributed by atoms with Crippen LogP contribution >= 0.6 is 0 Å². The van der Waals surface area contributed by atoms with Crippen molar-refractivity contribution in [2.75, 3.05) is 4.90 Å². The zero-order valence-electron chi connectivity index (χ0n) is 25.3. The molecule has 0 radical (unpaired) electrons. The van der Waals surface area contributed by atoms with Gasteiger partial charge in [-0.1, -0.05) is 134 Å². The van der Waals surface area contributed by atoms with E-state index < -0.39 is 0 Å². The Bertz CT molecular complexity index is 2380. The Hall–Kier alpha value is -6.12. The number of fused-ring (bicyclic) bond motifs is 4. The van der Waals surface area contributed by atoms with Crippen molar-refractivity contribution < 1.29 is 4.42 Å². The molecule has 0 bridgehead atoms. The second-order valence-corrected chi connectivity index (χ2v) is 11.4. The van der Waals surface area contributed by atoms with Gasteiger partial charge in [-0.15, -0.1) is 0 Å². The maximum absolute atomic E-state index is 6.34. The molecule has 0 unspecified atom stereocenters. The Kier molecular flexibility index (Phi) is 7.01. The van der Waals surface area contributed by atoms with Gasteiger partial charge in [0, 0.05) is 22.0 Å². The largest absolute Gasteiger partial charge is 0.456 e. The number of hydrogen-bond acceptors (Lipinski definition) is 2. The molecule has 0 spiro atoms. The molecule has 8 aromatic rings. The highest BCUT2D eigenvalue weighted by molar-refractivity contribution is 6.11. The summed E-state index contributed by atoms with van der Waals surface area (Å²) >= 11 is 0. The molecular weight excluding hydrogens is 558 g/mol. The van der Waals surface area contributed by atoms with Crippen molar-refractivity contribution >= 4 is 55.8 Å². The Morgan fingerprint density at radius 2 is 1.13 bits per heavy atom. The van der Waals surface area contributed by atoms with Gasteiger partial charge in [-0.25, -0.2) is 0 Å². The van der Waals surface area contributed by atoms with Gasteiger partial charge in [0.2, 0.25) is 0 Å². The highest BCUT2D eigenvalue weighted by Gasteiger charge is 2.20. The van der Waals surface area contributed by atoms with E-state index in [1.807, 2.05) is 12.2 Å². The zero-order valence-corrected chi connectivity index (χ0v) is 25.3. The number of para-hydroxylation sites is 2. The minimum atomic E-state index is 0.889. The first-order valence-electron chi connectivity index (χ1n) is 15.5. The quantitative estimate of drug-likeness (QED) is 0.172. The first kappa shape index (κ1) is 27.4. The van der Waals surface area contributed by atoms with Crippen molar-refractivity contribution in [3.63, 3.8) is 0 Å². The molecule has 0 aliphatic rings. The molecule has 1 aromatic heterocycles. The van der Waals surface area contributed by atoms with Crippen LogP contribution in [-0.2, 0) is 0 Å². The average Bonchev–Trinajstić information content (AvgIpc) is 3.48. The number of benzene rings is 7. The number of nitrogens with zero attached hydrogens (tertiary/aromatic N) is 1. The maximum atomic E-state index is 6.34. The zero-order chi connectivity index (χ0) is 30.9. The molecule has 0 atom stereocenters. The smallest absolute Gasteiger partial charge is 0.136 e. The summed E-state index contributed by atoms with van der Waals surface area (Å²) in [6.45, 7) is 3.91. The fourth-order valence-electron chi connectivity index (χ4n) is 6.39. The molecule has 1 heterocycles. The maximum Gasteiger partial charge on any atom is 0.136 e. The van der Waals surface area contributed by atoms with E-state index in [-0.39, 0.29) is 0 Å². The molecule has 8 rings (SSSR count). The van der Waals surface area contributed by atoms with Gasteiger partial charge in [-0.05, 0) is 81.6 Å². The lowest BCUT2D eigenvalue weighted by Crippen LogP contribution is -2.12. The Balaban J connectivity index is 1.31. The summed E-state index contributed by atoms with van der Waals surface area (Å²) in [5, 5.41) is 4.62. The van der Waals surface area contributed by atoms with Gasteiger partial charge in [0.05, 0.1) is 11.4 Å². The molecule has 46 heavy (non-hydrogen) atoms. The molecule has 0 aliphatic carbocycles. The van der Waals surface area contributed by atoms with Crippen LogP contribution in [0.15, 0.2) is 181 Å². The fourth-order valence-corrected chi connectivity index (χ4v) is 6.39. The van der Waals surface area contributed by atoms with Crippen molar-refractivity contribution in [2.45, 2.75) is 0 Å². The van der Waals surface area contributed by atoms with E-state index in [1.54, 1.807) is 0 Å². The predicted octanol–water partition coefficient (Wildman–Crippen LogP) is 12.7. The van der Waals surface area contributed by atoms with Crippen LogP contribution in [0.3, 0.4) is 0 Å². The molecule has 7 aromatic carbocycles. The highest BCUT2D eigenvalue weighted by Crippen LogP contribution is 2.44. The molecule has 2 heteroatoms. The molecule has 0 aliphatic heterocycles. The first-order valence-corrected chi connectivity index (χ1v) is 15.5. The molecule has 218 valence electrons. The van der Waals surface area contributed by atoms with Crippen molar-refractivity contribution in [2.24, 2.45) is 0 Å². The standard InChI is InChI=1S/C44H31NO/c1-2-3-13-33-16-9-11-20-41(33)45(37-25-22-32(23-26-37)31-14-5-4-6-15-31)42-21-12-10-19-38(42)36-24-27-43-39(29-36)40-28-34-17-7-8-18-35(34)30-44(40)46-43/h2-30H,1H2/b13-3-. The normalized spacial score (nSPS) is 11.5. The van der Waals surface area contributed by atoms with Crippen LogP contribution in [0.5, 0.6) is 0 Å². The summed E-state index contributed by atoms with van der Waals surface area (Å²) in [6, 6.07) is 55.9. The Morgan fingerprint density at radius 1 is 0.500 bits per heavy atom. The van der Waals surface area contributed by atoms with Crippen molar-refractivity contribution in [1.82, 2.24) is 0 Å². The minimum Gasteiger partial charge on any atom is -0.456 e. The van der Waals surface area contributed by atoms with Crippen molar-refractivity contribution in [3.8, 4) is 22.3 Å². The van der Waals surface area contributed by atoms with E-state index in [1.165, 1.54) is 21.9 Å². The van der Waals surface area contributed by atoms with Crippen LogP contribution in [-0.4, -0.2) is 0 Å². The van der Waals surface area contributed by atoms with Gasteiger partial charge in [0.25, 0.3) is 0 Å². The summed E-state index contributed by atoms with van der Waals surface area (Å²) < 4.78 is 6.34. The molecule has 0 saturated heterocycles. The van der Waals surface area contributed by atoms with E-state index in [4.69, 9.17) is 4.42 Å². The topological polar surface area (TPSA) is 16.4 Å². The number of hydrogen-bond donors (Lipinski definition) is 0. The van der Waals surface area contributed by atoms with E-state index in [2.05, 4.69) is 175 Å². The second-order valence-electron chi connectivity index (χ2n) is 11.4. The highest BCUT2D eigenvalue weighted by atomic mass is 16.3. The van der Waals surface area contributed by atoms with Gasteiger partial charge in [0.1, 0.15) is 11.2 Å². The van der Waals surface area contributed by atoms with Crippen LogP contribution < -0.4 is 4.90 Å². The number of rotatable bonds is 7. The van der Waals surface area contributed by atoms with Crippen molar-refractivity contribution in [3.05, 3.63) is 182 Å². The first-order chi connectivity index (χ1) is 22.8. The van der Waals surface area contributed by atoms with Gasteiger partial charge < -0.3 is 9.32 Å². The van der Waals surface area contributed by atoms with Crippen molar-refractivity contribution in [1.29, 1.82) is 0 Å². The molecule has 2 nitrogen and oxygen atoms in total. The number of allylic oxidation sites excluding steroid dienone is 2.